The lowest BCUT2D eigenvalue weighted by Crippen LogP contribution is -2.51. The number of aromatic nitrogens is 1. The number of ether oxygens (including phenoxy) is 2. The first-order valence-electron chi connectivity index (χ1n) is 11.1. The number of fused-ring (bicyclic) bond motifs is 1. The highest BCUT2D eigenvalue weighted by molar-refractivity contribution is 6.30. The van der Waals surface area contributed by atoms with Gasteiger partial charge in [0.25, 0.3) is 5.91 Å². The van der Waals surface area contributed by atoms with Crippen molar-refractivity contribution in [3.8, 4) is 11.5 Å². The molecule has 0 spiro atoms. The molecule has 9 heteroatoms. The van der Waals surface area contributed by atoms with E-state index in [1.165, 1.54) is 4.90 Å². The number of hydrogen-bond donors (Lipinski definition) is 1. The predicted octanol–water partition coefficient (Wildman–Crippen LogP) is 3.47. The zero-order chi connectivity index (χ0) is 24.8. The molecule has 1 N–H and O–H groups in total. The van der Waals surface area contributed by atoms with E-state index in [1.54, 1.807) is 55.6 Å². The van der Waals surface area contributed by atoms with Crippen LogP contribution in [0.1, 0.15) is 23.0 Å². The summed E-state index contributed by atoms with van der Waals surface area (Å²) in [5, 5.41) is 3.42. The Balaban J connectivity index is 1.44. The van der Waals surface area contributed by atoms with Gasteiger partial charge in [-0.25, -0.2) is 0 Å². The van der Waals surface area contributed by atoms with E-state index in [1.807, 2.05) is 18.2 Å². The normalized spacial score (nSPS) is 13.4. The fourth-order valence-electron chi connectivity index (χ4n) is 3.66. The van der Waals surface area contributed by atoms with Crippen LogP contribution in [0.25, 0.3) is 0 Å². The third-order valence-corrected chi connectivity index (χ3v) is 5.77. The maximum atomic E-state index is 12.8. The van der Waals surface area contributed by atoms with Crippen LogP contribution in [-0.4, -0.2) is 48.4 Å². The topological polar surface area (TPSA) is 97.8 Å². The lowest BCUT2D eigenvalue weighted by Gasteiger charge is -2.33. The number of anilines is 1. The number of hydrogen-bond acceptors (Lipinski definition) is 6. The molecule has 4 rings (SSSR count). The maximum absolute atomic E-state index is 12.8. The molecule has 3 aromatic rings. The molecule has 1 atom stereocenters. The third kappa shape index (κ3) is 5.96. The third-order valence-electron chi connectivity index (χ3n) is 5.52. The van der Waals surface area contributed by atoms with Gasteiger partial charge in [0.15, 0.2) is 19.0 Å². The van der Waals surface area contributed by atoms with Crippen LogP contribution in [0.5, 0.6) is 11.5 Å². The second-order valence-electron chi connectivity index (χ2n) is 7.94. The van der Waals surface area contributed by atoms with Crippen molar-refractivity contribution in [2.45, 2.75) is 19.4 Å². The highest BCUT2D eigenvalue weighted by atomic mass is 35.5. The predicted molar refractivity (Wildman–Crippen MR) is 131 cm³/mol. The summed E-state index contributed by atoms with van der Waals surface area (Å²) < 4.78 is 11.1. The van der Waals surface area contributed by atoms with Gasteiger partial charge in [0.1, 0.15) is 17.5 Å². The first kappa shape index (κ1) is 24.2. The molecule has 0 saturated carbocycles. The average Bonchev–Trinajstić information content (AvgIpc) is 2.88. The summed E-state index contributed by atoms with van der Waals surface area (Å²) in [6, 6.07) is 16.3. The minimum absolute atomic E-state index is 0.189. The number of Topliss-reactive ketones (excluding diaryl/α,β-unsaturated/α-hetero) is 1. The smallest absolute Gasteiger partial charge is 0.265 e. The molecular weight excluding hydrogens is 470 g/mol. The van der Waals surface area contributed by atoms with Gasteiger partial charge in [-0.05, 0) is 61.5 Å². The van der Waals surface area contributed by atoms with Gasteiger partial charge in [-0.1, -0.05) is 17.7 Å². The van der Waals surface area contributed by atoms with Crippen LogP contribution in [0.3, 0.4) is 0 Å². The van der Waals surface area contributed by atoms with E-state index in [9.17, 15) is 14.4 Å². The highest BCUT2D eigenvalue weighted by Gasteiger charge is 2.33. The Morgan fingerprint density at radius 3 is 2.71 bits per heavy atom. The summed E-state index contributed by atoms with van der Waals surface area (Å²) in [4.78, 5) is 43.9. The number of nitrogens with zero attached hydrogens (tertiary/aromatic N) is 2. The van der Waals surface area contributed by atoms with Crippen LogP contribution in [0, 0.1) is 0 Å². The largest absolute Gasteiger partial charge is 0.485 e. The summed E-state index contributed by atoms with van der Waals surface area (Å²) in [5.74, 6) is -0.0326. The molecule has 1 aromatic heterocycles. The summed E-state index contributed by atoms with van der Waals surface area (Å²) >= 11 is 5.87. The molecule has 1 unspecified atom stereocenters. The first-order chi connectivity index (χ1) is 16.9. The molecule has 0 bridgehead atoms. The highest BCUT2D eigenvalue weighted by Crippen LogP contribution is 2.34. The molecule has 0 saturated heterocycles. The number of pyridine rings is 1. The number of rotatable bonds is 9. The standard InChI is InChI=1S/C26H24ClN3O5/c1-17(26(33)29-13-11-20-4-2-3-12-28-20)30-22-14-18(5-10-24(22)35-16-25(30)32)23(31)15-34-21-8-6-19(27)7-9-21/h2-10,12,14,17H,11,13,15-16H2,1H3,(H,29,33). The minimum atomic E-state index is -0.801. The van der Waals surface area contributed by atoms with Crippen LogP contribution in [0.15, 0.2) is 66.9 Å². The van der Waals surface area contributed by atoms with Crippen molar-refractivity contribution in [3.05, 3.63) is 83.1 Å². The molecule has 180 valence electrons. The Labute approximate surface area is 207 Å². The SMILES string of the molecule is CC(C(=O)NCCc1ccccn1)N1C(=O)COc2ccc(C(=O)COc3ccc(Cl)cc3)cc21. The number of carbonyl (C=O) groups is 3. The van der Waals surface area contributed by atoms with Gasteiger partial charge in [-0.3, -0.25) is 24.3 Å². The van der Waals surface area contributed by atoms with E-state index in [0.717, 1.165) is 5.69 Å². The number of halogens is 1. The van der Waals surface area contributed by atoms with E-state index >= 15 is 0 Å². The van der Waals surface area contributed by atoms with E-state index in [2.05, 4.69) is 10.3 Å². The molecule has 2 amide bonds. The summed E-state index contributed by atoms with van der Waals surface area (Å²) in [5.41, 5.74) is 1.56. The van der Waals surface area contributed by atoms with E-state index in [-0.39, 0.29) is 30.8 Å². The van der Waals surface area contributed by atoms with Crippen LogP contribution in [0.2, 0.25) is 5.02 Å². The zero-order valence-electron chi connectivity index (χ0n) is 19.1. The van der Waals surface area contributed by atoms with Gasteiger partial charge in [0.2, 0.25) is 5.91 Å². The zero-order valence-corrected chi connectivity index (χ0v) is 19.8. The first-order valence-corrected chi connectivity index (χ1v) is 11.5. The Bertz CT molecular complexity index is 1220. The van der Waals surface area contributed by atoms with Crippen molar-refractivity contribution in [1.29, 1.82) is 0 Å². The molecule has 1 aliphatic rings. The van der Waals surface area contributed by atoms with E-state index < -0.39 is 6.04 Å². The van der Waals surface area contributed by atoms with Crippen molar-refractivity contribution in [1.82, 2.24) is 10.3 Å². The van der Waals surface area contributed by atoms with Crippen molar-refractivity contribution in [3.63, 3.8) is 0 Å². The van der Waals surface area contributed by atoms with E-state index in [4.69, 9.17) is 21.1 Å². The van der Waals surface area contributed by atoms with Crippen LogP contribution < -0.4 is 19.7 Å². The second-order valence-corrected chi connectivity index (χ2v) is 8.38. The molecule has 35 heavy (non-hydrogen) atoms. The quantitative estimate of drug-likeness (QED) is 0.458. The molecule has 0 fully saturated rings. The van der Waals surface area contributed by atoms with Gasteiger partial charge in [-0.15, -0.1) is 0 Å². The molecule has 0 radical (unpaired) electrons. The minimum Gasteiger partial charge on any atom is -0.485 e. The molecule has 2 heterocycles. The fourth-order valence-corrected chi connectivity index (χ4v) is 3.78. The van der Waals surface area contributed by atoms with E-state index in [0.29, 0.717) is 40.7 Å². The van der Waals surface area contributed by atoms with Gasteiger partial charge in [-0.2, -0.15) is 0 Å². The summed E-state index contributed by atoms with van der Waals surface area (Å²) in [7, 11) is 0. The second kappa shape index (κ2) is 11.0. The van der Waals surface area contributed by atoms with Gasteiger partial charge < -0.3 is 14.8 Å². The van der Waals surface area contributed by atoms with Gasteiger partial charge in [0, 0.05) is 35.4 Å². The number of benzene rings is 2. The lowest BCUT2D eigenvalue weighted by molar-refractivity contribution is -0.127. The van der Waals surface area contributed by atoms with Gasteiger partial charge >= 0.3 is 0 Å². The number of ketones is 1. The van der Waals surface area contributed by atoms with Crippen molar-refractivity contribution in [2.75, 3.05) is 24.7 Å². The molecule has 8 nitrogen and oxygen atoms in total. The van der Waals surface area contributed by atoms with Crippen molar-refractivity contribution >= 4 is 34.9 Å². The Kier molecular flexibility index (Phi) is 7.62. The molecule has 1 aliphatic heterocycles. The van der Waals surface area contributed by atoms with Gasteiger partial charge in [0.05, 0.1) is 5.69 Å². The number of amides is 2. The van der Waals surface area contributed by atoms with Crippen molar-refractivity contribution < 1.29 is 23.9 Å². The summed E-state index contributed by atoms with van der Waals surface area (Å²) in [6.45, 7) is 1.64. The summed E-state index contributed by atoms with van der Waals surface area (Å²) in [6.07, 6.45) is 2.27. The Morgan fingerprint density at radius 2 is 1.97 bits per heavy atom. The fraction of sp³-hybridized carbons (Fsp3) is 0.231. The molecule has 2 aromatic carbocycles. The molecular formula is C26H24ClN3O5. The average molecular weight is 494 g/mol. The van der Waals surface area contributed by atoms with Crippen LogP contribution >= 0.6 is 11.6 Å². The molecule has 0 aliphatic carbocycles. The maximum Gasteiger partial charge on any atom is 0.265 e. The monoisotopic (exact) mass is 493 g/mol. The lowest BCUT2D eigenvalue weighted by atomic mass is 10.1. The Hall–Kier alpha value is -3.91. The number of nitrogens with one attached hydrogen (secondary N) is 1. The Morgan fingerprint density at radius 1 is 1.17 bits per heavy atom. The van der Waals surface area contributed by atoms with Crippen LogP contribution in [0.4, 0.5) is 5.69 Å². The van der Waals surface area contributed by atoms with Crippen LogP contribution in [-0.2, 0) is 16.0 Å². The van der Waals surface area contributed by atoms with Crippen molar-refractivity contribution in [2.24, 2.45) is 0 Å². The number of carbonyl (C=O) groups excluding carboxylic acids is 3.